The lowest BCUT2D eigenvalue weighted by atomic mass is 10.1. The summed E-state index contributed by atoms with van der Waals surface area (Å²) < 4.78 is 2.18. The van der Waals surface area contributed by atoms with Crippen molar-refractivity contribution in [1.29, 1.82) is 0 Å². The molecule has 2 heterocycles. The number of halogens is 1. The molecule has 1 aliphatic heterocycles. The van der Waals surface area contributed by atoms with E-state index < -0.39 is 0 Å². The first-order chi connectivity index (χ1) is 8.65. The number of rotatable bonds is 3. The van der Waals surface area contributed by atoms with E-state index in [-0.39, 0.29) is 24.1 Å². The van der Waals surface area contributed by atoms with Crippen LogP contribution >= 0.6 is 15.9 Å². The van der Waals surface area contributed by atoms with Crippen molar-refractivity contribution < 1.29 is 4.79 Å². The lowest BCUT2D eigenvalue weighted by Crippen LogP contribution is -2.47. The highest BCUT2D eigenvalue weighted by molar-refractivity contribution is 9.10. The van der Waals surface area contributed by atoms with E-state index in [4.69, 9.17) is 0 Å². The molecule has 1 aromatic heterocycles. The van der Waals surface area contributed by atoms with Gasteiger partial charge in [0.1, 0.15) is 6.54 Å². The Morgan fingerprint density at radius 2 is 2.39 bits per heavy atom. The van der Waals surface area contributed by atoms with E-state index in [9.17, 15) is 9.59 Å². The Hall–Kier alpha value is -1.14. The number of nitrogens with zero attached hydrogens (tertiary/aromatic N) is 1. The zero-order chi connectivity index (χ0) is 13.0. The maximum absolute atomic E-state index is 11.8. The molecule has 1 fully saturated rings. The molecule has 2 rings (SSSR count). The third kappa shape index (κ3) is 3.68. The summed E-state index contributed by atoms with van der Waals surface area (Å²) in [7, 11) is 0. The van der Waals surface area contributed by atoms with Gasteiger partial charge in [-0.05, 0) is 41.4 Å². The summed E-state index contributed by atoms with van der Waals surface area (Å²) in [6.07, 6.45) is 3.69. The summed E-state index contributed by atoms with van der Waals surface area (Å²) in [5, 5.41) is 6.17. The van der Waals surface area contributed by atoms with Gasteiger partial charge in [-0.1, -0.05) is 0 Å². The molecular weight excluding hydrogens is 298 g/mol. The zero-order valence-corrected chi connectivity index (χ0v) is 11.6. The van der Waals surface area contributed by atoms with Crippen molar-refractivity contribution in [2.24, 2.45) is 0 Å². The molecule has 1 atom stereocenters. The van der Waals surface area contributed by atoms with E-state index in [1.54, 1.807) is 12.3 Å². The SMILES string of the molecule is O=C(Cn1cc(Br)ccc1=O)N[C@H]1CCCNC1. The fourth-order valence-electron chi connectivity index (χ4n) is 2.03. The van der Waals surface area contributed by atoms with E-state index in [1.807, 2.05) is 0 Å². The normalized spacial score (nSPS) is 19.5. The number of carbonyl (C=O) groups excluding carboxylic acids is 1. The molecule has 2 N–H and O–H groups in total. The van der Waals surface area contributed by atoms with Gasteiger partial charge >= 0.3 is 0 Å². The van der Waals surface area contributed by atoms with Crippen molar-refractivity contribution in [1.82, 2.24) is 15.2 Å². The summed E-state index contributed by atoms with van der Waals surface area (Å²) in [4.78, 5) is 23.4. The molecule has 18 heavy (non-hydrogen) atoms. The van der Waals surface area contributed by atoms with Gasteiger partial charge in [-0.3, -0.25) is 9.59 Å². The van der Waals surface area contributed by atoms with Crippen molar-refractivity contribution >= 4 is 21.8 Å². The van der Waals surface area contributed by atoms with Crippen LogP contribution < -0.4 is 16.2 Å². The molecule has 0 aromatic carbocycles. The molecule has 5 nitrogen and oxygen atoms in total. The lowest BCUT2D eigenvalue weighted by molar-refractivity contribution is -0.122. The van der Waals surface area contributed by atoms with E-state index >= 15 is 0 Å². The van der Waals surface area contributed by atoms with Crippen molar-refractivity contribution in [3.05, 3.63) is 33.2 Å². The van der Waals surface area contributed by atoms with Crippen LogP contribution in [-0.2, 0) is 11.3 Å². The minimum absolute atomic E-state index is 0.0643. The molecule has 0 radical (unpaired) electrons. The highest BCUT2D eigenvalue weighted by Gasteiger charge is 2.15. The fraction of sp³-hybridized carbons (Fsp3) is 0.500. The second-order valence-electron chi connectivity index (χ2n) is 4.42. The molecule has 0 spiro atoms. The molecule has 0 bridgehead atoms. The minimum Gasteiger partial charge on any atom is -0.351 e. The molecule has 1 aromatic rings. The van der Waals surface area contributed by atoms with Crippen LogP contribution in [0, 0.1) is 0 Å². The second kappa shape index (κ2) is 6.15. The van der Waals surface area contributed by atoms with E-state index in [0.29, 0.717) is 0 Å². The second-order valence-corrected chi connectivity index (χ2v) is 5.34. The average molecular weight is 314 g/mol. The van der Waals surface area contributed by atoms with Gasteiger partial charge in [-0.2, -0.15) is 0 Å². The Morgan fingerprint density at radius 3 is 3.11 bits per heavy atom. The largest absolute Gasteiger partial charge is 0.351 e. The predicted molar refractivity (Wildman–Crippen MR) is 72.4 cm³/mol. The van der Waals surface area contributed by atoms with E-state index in [0.717, 1.165) is 30.4 Å². The highest BCUT2D eigenvalue weighted by atomic mass is 79.9. The summed E-state index contributed by atoms with van der Waals surface area (Å²) in [5.41, 5.74) is -0.171. The Kier molecular flexibility index (Phi) is 4.54. The van der Waals surface area contributed by atoms with E-state index in [2.05, 4.69) is 26.6 Å². The smallest absolute Gasteiger partial charge is 0.251 e. The van der Waals surface area contributed by atoms with Crippen LogP contribution in [-0.4, -0.2) is 29.6 Å². The molecule has 1 amide bonds. The molecular formula is C12H16BrN3O2. The number of hydrogen-bond acceptors (Lipinski definition) is 3. The van der Waals surface area contributed by atoms with E-state index in [1.165, 1.54) is 10.6 Å². The molecule has 6 heteroatoms. The third-order valence-electron chi connectivity index (χ3n) is 2.92. The number of carbonyl (C=O) groups is 1. The van der Waals surface area contributed by atoms with Crippen LogP contribution in [0.15, 0.2) is 27.6 Å². The first-order valence-corrected chi connectivity index (χ1v) is 6.80. The molecule has 0 unspecified atom stereocenters. The van der Waals surface area contributed by atoms with Crippen molar-refractivity contribution in [2.75, 3.05) is 13.1 Å². The first-order valence-electron chi connectivity index (χ1n) is 6.01. The molecule has 1 aliphatic rings. The number of nitrogens with one attached hydrogen (secondary N) is 2. The Labute approximate surface area is 114 Å². The van der Waals surface area contributed by atoms with Crippen LogP contribution in [0.25, 0.3) is 0 Å². The van der Waals surface area contributed by atoms with Crippen molar-refractivity contribution in [2.45, 2.75) is 25.4 Å². The standard InChI is InChI=1S/C12H16BrN3O2/c13-9-3-4-12(18)16(7-9)8-11(17)15-10-2-1-5-14-6-10/h3-4,7,10,14H,1-2,5-6,8H2,(H,15,17)/t10-/m0/s1. The summed E-state index contributed by atoms with van der Waals surface area (Å²) in [6, 6.07) is 3.29. The summed E-state index contributed by atoms with van der Waals surface area (Å²) >= 11 is 3.28. The van der Waals surface area contributed by atoms with Crippen LogP contribution in [0.1, 0.15) is 12.8 Å². The topological polar surface area (TPSA) is 63.1 Å². The van der Waals surface area contributed by atoms with Gasteiger partial charge in [-0.25, -0.2) is 0 Å². The number of aromatic nitrogens is 1. The number of amides is 1. The van der Waals surface area contributed by atoms with Crippen LogP contribution in [0.4, 0.5) is 0 Å². The summed E-state index contributed by atoms with van der Waals surface area (Å²) in [6.45, 7) is 1.88. The van der Waals surface area contributed by atoms with Gasteiger partial charge in [-0.15, -0.1) is 0 Å². The van der Waals surface area contributed by atoms with Gasteiger partial charge in [0.05, 0.1) is 0 Å². The lowest BCUT2D eigenvalue weighted by Gasteiger charge is -2.23. The monoisotopic (exact) mass is 313 g/mol. The van der Waals surface area contributed by atoms with Gasteiger partial charge < -0.3 is 15.2 Å². The molecule has 98 valence electrons. The van der Waals surface area contributed by atoms with Gasteiger partial charge in [0.2, 0.25) is 5.91 Å². The van der Waals surface area contributed by atoms with Crippen LogP contribution in [0.2, 0.25) is 0 Å². The molecule has 1 saturated heterocycles. The Balaban J connectivity index is 1.94. The zero-order valence-electron chi connectivity index (χ0n) is 9.99. The van der Waals surface area contributed by atoms with Crippen molar-refractivity contribution in [3.8, 4) is 0 Å². The molecule has 0 saturated carbocycles. The van der Waals surface area contributed by atoms with Gasteiger partial charge in [0, 0.05) is 29.3 Å². The predicted octanol–water partition coefficient (Wildman–Crippen LogP) is 0.479. The maximum Gasteiger partial charge on any atom is 0.251 e. The Morgan fingerprint density at radius 1 is 1.56 bits per heavy atom. The number of hydrogen-bond donors (Lipinski definition) is 2. The molecule has 0 aliphatic carbocycles. The van der Waals surface area contributed by atoms with Gasteiger partial charge in [0.25, 0.3) is 5.56 Å². The Bertz CT molecular complexity index is 480. The number of piperidine rings is 1. The maximum atomic E-state index is 11.8. The summed E-state index contributed by atoms with van der Waals surface area (Å²) in [5.74, 6) is -0.121. The van der Waals surface area contributed by atoms with Crippen LogP contribution in [0.3, 0.4) is 0 Å². The minimum atomic E-state index is -0.171. The number of pyridine rings is 1. The average Bonchev–Trinajstić information content (AvgIpc) is 2.35. The highest BCUT2D eigenvalue weighted by Crippen LogP contribution is 2.05. The van der Waals surface area contributed by atoms with Crippen molar-refractivity contribution in [3.63, 3.8) is 0 Å². The quantitative estimate of drug-likeness (QED) is 0.853. The van der Waals surface area contributed by atoms with Crippen LogP contribution in [0.5, 0.6) is 0 Å². The third-order valence-corrected chi connectivity index (χ3v) is 3.39. The fourth-order valence-corrected chi connectivity index (χ4v) is 2.41. The first kappa shape index (κ1) is 13.3. The van der Waals surface area contributed by atoms with Gasteiger partial charge in [0.15, 0.2) is 0 Å².